The molecule has 0 radical (unpaired) electrons. The van der Waals surface area contributed by atoms with E-state index < -0.39 is 0 Å². The van der Waals surface area contributed by atoms with Crippen molar-refractivity contribution in [1.82, 2.24) is 15.0 Å². The molecule has 0 atom stereocenters. The SMILES string of the molecule is c1ccc(-c2oc3ncnc(Nc4nccs4)c3c2-c2ccccc2)cc1. The molecule has 6 heteroatoms. The van der Waals surface area contributed by atoms with Crippen LogP contribution < -0.4 is 5.32 Å². The molecule has 0 unspecified atom stereocenters. The van der Waals surface area contributed by atoms with Gasteiger partial charge < -0.3 is 9.73 Å². The van der Waals surface area contributed by atoms with Crippen molar-refractivity contribution in [2.24, 2.45) is 0 Å². The van der Waals surface area contributed by atoms with Crippen LogP contribution in [0, 0.1) is 0 Å². The number of nitrogens with one attached hydrogen (secondary N) is 1. The second-order valence-electron chi connectivity index (χ2n) is 5.90. The normalized spacial score (nSPS) is 11.0. The highest BCUT2D eigenvalue weighted by Crippen LogP contribution is 2.42. The number of benzene rings is 2. The quantitative estimate of drug-likeness (QED) is 0.436. The summed E-state index contributed by atoms with van der Waals surface area (Å²) in [5.74, 6) is 1.46. The summed E-state index contributed by atoms with van der Waals surface area (Å²) in [7, 11) is 0. The number of aromatic nitrogens is 3. The number of thiazole rings is 1. The van der Waals surface area contributed by atoms with E-state index in [4.69, 9.17) is 4.42 Å². The number of hydrogen-bond acceptors (Lipinski definition) is 6. The van der Waals surface area contributed by atoms with Crippen LogP contribution in [0.2, 0.25) is 0 Å². The molecular formula is C21H14N4OS. The van der Waals surface area contributed by atoms with Gasteiger partial charge in [-0.05, 0) is 5.56 Å². The van der Waals surface area contributed by atoms with Crippen molar-refractivity contribution >= 4 is 33.4 Å². The van der Waals surface area contributed by atoms with Crippen molar-refractivity contribution in [2.75, 3.05) is 5.32 Å². The predicted molar refractivity (Wildman–Crippen MR) is 108 cm³/mol. The lowest BCUT2D eigenvalue weighted by Gasteiger charge is -2.06. The van der Waals surface area contributed by atoms with Crippen LogP contribution in [0.25, 0.3) is 33.6 Å². The van der Waals surface area contributed by atoms with E-state index in [1.165, 1.54) is 17.7 Å². The van der Waals surface area contributed by atoms with Crippen LogP contribution in [0.4, 0.5) is 10.9 Å². The molecular weight excluding hydrogens is 356 g/mol. The summed E-state index contributed by atoms with van der Waals surface area (Å²) in [6.45, 7) is 0. The fourth-order valence-corrected chi connectivity index (χ4v) is 3.62. The molecule has 0 saturated heterocycles. The minimum absolute atomic E-state index is 0.543. The highest BCUT2D eigenvalue weighted by Gasteiger charge is 2.22. The lowest BCUT2D eigenvalue weighted by atomic mass is 9.99. The average Bonchev–Trinajstić information content (AvgIpc) is 3.37. The molecule has 5 nitrogen and oxygen atoms in total. The number of furan rings is 1. The van der Waals surface area contributed by atoms with Crippen molar-refractivity contribution < 1.29 is 4.42 Å². The molecule has 0 bridgehead atoms. The largest absolute Gasteiger partial charge is 0.437 e. The highest BCUT2D eigenvalue weighted by molar-refractivity contribution is 7.13. The molecule has 0 aliphatic rings. The minimum atomic E-state index is 0.543. The monoisotopic (exact) mass is 370 g/mol. The van der Waals surface area contributed by atoms with Gasteiger partial charge in [0.05, 0.1) is 5.39 Å². The maximum absolute atomic E-state index is 6.19. The van der Waals surface area contributed by atoms with Crippen LogP contribution in [-0.2, 0) is 0 Å². The first-order valence-corrected chi connectivity index (χ1v) is 9.33. The molecule has 3 aromatic heterocycles. The van der Waals surface area contributed by atoms with Crippen molar-refractivity contribution in [1.29, 1.82) is 0 Å². The third-order valence-electron chi connectivity index (χ3n) is 4.24. The van der Waals surface area contributed by atoms with E-state index >= 15 is 0 Å². The Morgan fingerprint density at radius 3 is 2.26 bits per heavy atom. The Morgan fingerprint density at radius 2 is 1.56 bits per heavy atom. The molecule has 3 heterocycles. The maximum atomic E-state index is 6.19. The van der Waals surface area contributed by atoms with Crippen LogP contribution in [-0.4, -0.2) is 15.0 Å². The Balaban J connectivity index is 1.80. The van der Waals surface area contributed by atoms with E-state index in [0.29, 0.717) is 11.5 Å². The lowest BCUT2D eigenvalue weighted by molar-refractivity contribution is 0.618. The zero-order valence-electron chi connectivity index (χ0n) is 14.2. The smallest absolute Gasteiger partial charge is 0.232 e. The van der Waals surface area contributed by atoms with Gasteiger partial charge in [0.1, 0.15) is 17.9 Å². The standard InChI is InChI=1S/C21H14N4OS/c1-3-7-14(8-4-1)16-17-19(25-21-22-11-12-27-21)23-13-24-20(17)26-18(16)15-9-5-2-6-10-15/h1-13H,(H,22,23,24,25). The van der Waals surface area contributed by atoms with Crippen molar-refractivity contribution in [3.8, 4) is 22.5 Å². The van der Waals surface area contributed by atoms with E-state index in [1.807, 2.05) is 53.9 Å². The maximum Gasteiger partial charge on any atom is 0.232 e. The second-order valence-corrected chi connectivity index (χ2v) is 6.80. The van der Waals surface area contributed by atoms with Crippen LogP contribution in [0.15, 0.2) is 83.0 Å². The summed E-state index contributed by atoms with van der Waals surface area (Å²) in [5.41, 5.74) is 3.56. The Kier molecular flexibility index (Phi) is 3.88. The molecule has 5 aromatic rings. The lowest BCUT2D eigenvalue weighted by Crippen LogP contribution is -1.95. The highest BCUT2D eigenvalue weighted by atomic mass is 32.1. The first-order valence-electron chi connectivity index (χ1n) is 8.45. The van der Waals surface area contributed by atoms with Gasteiger partial charge in [0.2, 0.25) is 5.71 Å². The molecule has 0 spiro atoms. The van der Waals surface area contributed by atoms with E-state index in [1.54, 1.807) is 6.20 Å². The third kappa shape index (κ3) is 2.86. The number of rotatable bonds is 4. The summed E-state index contributed by atoms with van der Waals surface area (Å²) >= 11 is 1.52. The summed E-state index contributed by atoms with van der Waals surface area (Å²) in [4.78, 5) is 13.1. The minimum Gasteiger partial charge on any atom is -0.437 e. The van der Waals surface area contributed by atoms with Gasteiger partial charge in [-0.1, -0.05) is 60.7 Å². The first kappa shape index (κ1) is 15.7. The average molecular weight is 370 g/mol. The Hall–Kier alpha value is -3.51. The third-order valence-corrected chi connectivity index (χ3v) is 4.93. The molecule has 27 heavy (non-hydrogen) atoms. The van der Waals surface area contributed by atoms with Gasteiger partial charge in [0.15, 0.2) is 5.13 Å². The fourth-order valence-electron chi connectivity index (χ4n) is 3.09. The van der Waals surface area contributed by atoms with Gasteiger partial charge in [0.25, 0.3) is 0 Å². The molecule has 0 amide bonds. The molecule has 0 aliphatic heterocycles. The van der Waals surface area contributed by atoms with Gasteiger partial charge >= 0.3 is 0 Å². The second kappa shape index (κ2) is 6.66. The van der Waals surface area contributed by atoms with E-state index in [2.05, 4.69) is 32.4 Å². The summed E-state index contributed by atoms with van der Waals surface area (Å²) in [6.07, 6.45) is 3.26. The van der Waals surface area contributed by atoms with Gasteiger partial charge in [-0.15, -0.1) is 11.3 Å². The topological polar surface area (TPSA) is 63.8 Å². The van der Waals surface area contributed by atoms with E-state index in [9.17, 15) is 0 Å². The molecule has 1 N–H and O–H groups in total. The number of fused-ring (bicyclic) bond motifs is 1. The van der Waals surface area contributed by atoms with Crippen molar-refractivity contribution in [3.05, 3.63) is 78.6 Å². The first-order chi connectivity index (χ1) is 13.4. The summed E-state index contributed by atoms with van der Waals surface area (Å²) in [6, 6.07) is 20.2. The van der Waals surface area contributed by atoms with Crippen LogP contribution in [0.3, 0.4) is 0 Å². The zero-order valence-corrected chi connectivity index (χ0v) is 15.0. The Bertz CT molecular complexity index is 1190. The Morgan fingerprint density at radius 1 is 0.815 bits per heavy atom. The predicted octanol–water partition coefficient (Wildman–Crippen LogP) is 5.76. The number of hydrogen-bond donors (Lipinski definition) is 1. The number of nitrogens with zero attached hydrogens (tertiary/aromatic N) is 3. The molecule has 0 saturated carbocycles. The fraction of sp³-hybridized carbons (Fsp3) is 0. The summed E-state index contributed by atoms with van der Waals surface area (Å²) in [5, 5.41) is 6.84. The molecule has 130 valence electrons. The van der Waals surface area contributed by atoms with Gasteiger partial charge in [-0.2, -0.15) is 0 Å². The molecule has 5 rings (SSSR count). The van der Waals surface area contributed by atoms with Crippen molar-refractivity contribution in [2.45, 2.75) is 0 Å². The van der Waals surface area contributed by atoms with Crippen LogP contribution >= 0.6 is 11.3 Å². The van der Waals surface area contributed by atoms with Gasteiger partial charge in [-0.3, -0.25) is 0 Å². The molecule has 0 aliphatic carbocycles. The molecule has 0 fully saturated rings. The number of anilines is 2. The van der Waals surface area contributed by atoms with E-state index in [-0.39, 0.29) is 0 Å². The van der Waals surface area contributed by atoms with Crippen LogP contribution in [0.5, 0.6) is 0 Å². The van der Waals surface area contributed by atoms with Crippen molar-refractivity contribution in [3.63, 3.8) is 0 Å². The molecule has 2 aromatic carbocycles. The van der Waals surface area contributed by atoms with E-state index in [0.717, 1.165) is 33.0 Å². The van der Waals surface area contributed by atoms with Crippen LogP contribution in [0.1, 0.15) is 0 Å². The Labute approximate surface area is 159 Å². The van der Waals surface area contributed by atoms with Gasteiger partial charge in [0, 0.05) is 22.7 Å². The summed E-state index contributed by atoms with van der Waals surface area (Å²) < 4.78 is 6.19. The zero-order chi connectivity index (χ0) is 18.1. The van der Waals surface area contributed by atoms with Gasteiger partial charge in [-0.25, -0.2) is 15.0 Å².